The van der Waals surface area contributed by atoms with Gasteiger partial charge in [-0.05, 0) is 30.3 Å². The Morgan fingerprint density at radius 1 is 1.10 bits per heavy atom. The summed E-state index contributed by atoms with van der Waals surface area (Å²) in [5, 5.41) is 15.0. The molecule has 0 aliphatic carbocycles. The van der Waals surface area contributed by atoms with E-state index in [-0.39, 0.29) is 5.56 Å². The molecule has 142 valence electrons. The zero-order valence-electron chi connectivity index (χ0n) is 15.5. The summed E-state index contributed by atoms with van der Waals surface area (Å²) in [5.74, 6) is 0.425. The molecular formula is C22H16N4O3. The monoisotopic (exact) mass is 384 g/mol. The van der Waals surface area contributed by atoms with Gasteiger partial charge in [0.05, 0.1) is 22.3 Å². The summed E-state index contributed by atoms with van der Waals surface area (Å²) >= 11 is 0. The van der Waals surface area contributed by atoms with Crippen molar-refractivity contribution in [2.75, 3.05) is 0 Å². The second-order valence-electron chi connectivity index (χ2n) is 6.65. The summed E-state index contributed by atoms with van der Waals surface area (Å²) in [4.78, 5) is 19.0. The molecule has 0 aliphatic rings. The van der Waals surface area contributed by atoms with Crippen LogP contribution in [0.25, 0.3) is 33.3 Å². The fourth-order valence-electron chi connectivity index (χ4n) is 3.53. The standard InChI is InChI=1S/C22H16N4O3/c1-26-21-14(8-5-9-18(21)29-13-6-3-2-4-7-13)20(25-26)17-12-16-19(24-17)15(22(27)28)10-11-23-16/h2-12,24H,1H3,(H,27,28). The number of hydrogen-bond donors (Lipinski definition) is 2. The van der Waals surface area contributed by atoms with Crippen LogP contribution in [0.15, 0.2) is 66.9 Å². The number of aromatic carboxylic acids is 1. The average molecular weight is 384 g/mol. The average Bonchev–Trinajstić information content (AvgIpc) is 3.30. The molecular weight excluding hydrogens is 368 g/mol. The van der Waals surface area contributed by atoms with Crippen molar-refractivity contribution in [1.82, 2.24) is 19.7 Å². The molecule has 0 amide bonds. The molecule has 0 aliphatic heterocycles. The smallest absolute Gasteiger partial charge is 0.337 e. The first kappa shape index (κ1) is 17.0. The number of pyridine rings is 1. The van der Waals surface area contributed by atoms with E-state index < -0.39 is 5.97 Å². The lowest BCUT2D eigenvalue weighted by atomic mass is 10.1. The normalized spacial score (nSPS) is 11.2. The van der Waals surface area contributed by atoms with E-state index in [0.29, 0.717) is 28.2 Å². The molecule has 7 heteroatoms. The van der Waals surface area contributed by atoms with E-state index in [1.165, 1.54) is 12.3 Å². The third kappa shape index (κ3) is 2.80. The molecule has 0 radical (unpaired) electrons. The summed E-state index contributed by atoms with van der Waals surface area (Å²) in [6.45, 7) is 0. The minimum Gasteiger partial charge on any atom is -0.478 e. The van der Waals surface area contributed by atoms with E-state index in [2.05, 4.69) is 15.1 Å². The third-order valence-corrected chi connectivity index (χ3v) is 4.81. The summed E-state index contributed by atoms with van der Waals surface area (Å²) in [5.41, 5.74) is 3.48. The highest BCUT2D eigenvalue weighted by molar-refractivity contribution is 6.03. The van der Waals surface area contributed by atoms with Gasteiger partial charge in [0.2, 0.25) is 0 Å². The van der Waals surface area contributed by atoms with Crippen LogP contribution in [0.1, 0.15) is 10.4 Å². The Hall–Kier alpha value is -4.13. The Labute approximate surface area is 165 Å². The van der Waals surface area contributed by atoms with E-state index in [9.17, 15) is 9.90 Å². The lowest BCUT2D eigenvalue weighted by Crippen LogP contribution is -1.97. The van der Waals surface area contributed by atoms with Crippen LogP contribution in [-0.4, -0.2) is 30.8 Å². The highest BCUT2D eigenvalue weighted by atomic mass is 16.5. The van der Waals surface area contributed by atoms with E-state index in [0.717, 1.165) is 16.7 Å². The van der Waals surface area contributed by atoms with Gasteiger partial charge in [-0.15, -0.1) is 0 Å². The van der Waals surface area contributed by atoms with Crippen molar-refractivity contribution in [3.63, 3.8) is 0 Å². The van der Waals surface area contributed by atoms with Crippen LogP contribution >= 0.6 is 0 Å². The lowest BCUT2D eigenvalue weighted by molar-refractivity contribution is 0.0698. The van der Waals surface area contributed by atoms with Crippen molar-refractivity contribution < 1.29 is 14.6 Å². The number of carboxylic acid groups (broad SMARTS) is 1. The lowest BCUT2D eigenvalue weighted by Gasteiger charge is -2.07. The second kappa shape index (κ2) is 6.49. The number of aromatic amines is 1. The Bertz CT molecular complexity index is 1370. The van der Waals surface area contributed by atoms with Gasteiger partial charge in [0, 0.05) is 18.6 Å². The number of benzene rings is 2. The number of nitrogens with one attached hydrogen (secondary N) is 1. The van der Waals surface area contributed by atoms with Crippen LogP contribution in [0.5, 0.6) is 11.5 Å². The zero-order valence-corrected chi connectivity index (χ0v) is 15.5. The Morgan fingerprint density at radius 2 is 1.93 bits per heavy atom. The fourth-order valence-corrected chi connectivity index (χ4v) is 3.53. The number of rotatable bonds is 4. The quantitative estimate of drug-likeness (QED) is 0.472. The number of para-hydroxylation sites is 2. The van der Waals surface area contributed by atoms with Gasteiger partial charge in [-0.1, -0.05) is 30.3 Å². The van der Waals surface area contributed by atoms with Crippen LogP contribution in [-0.2, 0) is 7.05 Å². The Kier molecular flexibility index (Phi) is 3.80. The molecule has 2 N–H and O–H groups in total. The molecule has 0 unspecified atom stereocenters. The van der Waals surface area contributed by atoms with Gasteiger partial charge in [0.25, 0.3) is 0 Å². The van der Waals surface area contributed by atoms with Crippen LogP contribution in [0, 0.1) is 0 Å². The second-order valence-corrected chi connectivity index (χ2v) is 6.65. The topological polar surface area (TPSA) is 93.0 Å². The zero-order chi connectivity index (χ0) is 20.0. The first-order chi connectivity index (χ1) is 14.1. The molecule has 0 bridgehead atoms. The molecule has 3 aromatic heterocycles. The van der Waals surface area contributed by atoms with Gasteiger partial charge in [-0.3, -0.25) is 9.67 Å². The number of H-pyrrole nitrogens is 1. The predicted octanol–water partition coefficient (Wildman–Crippen LogP) is 4.61. The number of carboxylic acids is 1. The van der Waals surface area contributed by atoms with Crippen molar-refractivity contribution in [2.45, 2.75) is 0 Å². The van der Waals surface area contributed by atoms with E-state index in [4.69, 9.17) is 4.74 Å². The molecule has 0 fully saturated rings. The maximum Gasteiger partial charge on any atom is 0.337 e. The van der Waals surface area contributed by atoms with E-state index in [1.807, 2.05) is 61.6 Å². The van der Waals surface area contributed by atoms with Crippen molar-refractivity contribution in [3.8, 4) is 22.9 Å². The summed E-state index contributed by atoms with van der Waals surface area (Å²) in [7, 11) is 1.85. The number of carbonyl (C=O) groups is 1. The van der Waals surface area contributed by atoms with Gasteiger partial charge >= 0.3 is 5.97 Å². The van der Waals surface area contributed by atoms with Crippen LogP contribution in [0.3, 0.4) is 0 Å². The van der Waals surface area contributed by atoms with Crippen molar-refractivity contribution in [1.29, 1.82) is 0 Å². The maximum atomic E-state index is 11.5. The largest absolute Gasteiger partial charge is 0.478 e. The minimum absolute atomic E-state index is 0.176. The molecule has 0 spiro atoms. The SMILES string of the molecule is Cn1nc(-c2cc3nccc(C(=O)O)c3[nH]2)c2cccc(Oc3ccccc3)c21. The Morgan fingerprint density at radius 3 is 2.72 bits per heavy atom. The number of hydrogen-bond acceptors (Lipinski definition) is 4. The van der Waals surface area contributed by atoms with Gasteiger partial charge in [0.1, 0.15) is 17.0 Å². The van der Waals surface area contributed by atoms with Crippen LogP contribution in [0.4, 0.5) is 0 Å². The molecule has 0 saturated carbocycles. The summed E-state index contributed by atoms with van der Waals surface area (Å²) < 4.78 is 7.83. The molecule has 5 aromatic rings. The third-order valence-electron chi connectivity index (χ3n) is 4.81. The highest BCUT2D eigenvalue weighted by Crippen LogP contribution is 2.35. The van der Waals surface area contributed by atoms with Gasteiger partial charge in [-0.25, -0.2) is 4.79 Å². The van der Waals surface area contributed by atoms with Crippen molar-refractivity contribution >= 4 is 27.9 Å². The van der Waals surface area contributed by atoms with Gasteiger partial charge in [0.15, 0.2) is 5.75 Å². The maximum absolute atomic E-state index is 11.5. The predicted molar refractivity (Wildman–Crippen MR) is 109 cm³/mol. The minimum atomic E-state index is -1.00. The number of ether oxygens (including phenoxy) is 1. The highest BCUT2D eigenvalue weighted by Gasteiger charge is 2.19. The Balaban J connectivity index is 1.67. The van der Waals surface area contributed by atoms with Crippen molar-refractivity contribution in [2.24, 2.45) is 7.05 Å². The molecule has 7 nitrogen and oxygen atoms in total. The molecule has 3 heterocycles. The van der Waals surface area contributed by atoms with E-state index in [1.54, 1.807) is 4.68 Å². The van der Waals surface area contributed by atoms with Crippen LogP contribution in [0.2, 0.25) is 0 Å². The molecule has 0 atom stereocenters. The molecule has 29 heavy (non-hydrogen) atoms. The summed E-state index contributed by atoms with van der Waals surface area (Å²) in [6, 6.07) is 18.6. The number of fused-ring (bicyclic) bond motifs is 2. The number of aryl methyl sites for hydroxylation is 1. The van der Waals surface area contributed by atoms with Crippen molar-refractivity contribution in [3.05, 3.63) is 72.4 Å². The molecule has 5 rings (SSSR count). The van der Waals surface area contributed by atoms with Crippen LogP contribution < -0.4 is 4.74 Å². The van der Waals surface area contributed by atoms with Gasteiger partial charge in [-0.2, -0.15) is 5.10 Å². The van der Waals surface area contributed by atoms with Gasteiger partial charge < -0.3 is 14.8 Å². The first-order valence-corrected chi connectivity index (χ1v) is 9.02. The van der Waals surface area contributed by atoms with E-state index >= 15 is 0 Å². The molecule has 0 saturated heterocycles. The fraction of sp³-hybridized carbons (Fsp3) is 0.0455. The first-order valence-electron chi connectivity index (χ1n) is 9.02. The molecule has 2 aromatic carbocycles. The summed E-state index contributed by atoms with van der Waals surface area (Å²) in [6.07, 6.45) is 1.49. The number of aromatic nitrogens is 4. The number of nitrogens with zero attached hydrogens (tertiary/aromatic N) is 3.